The Bertz CT molecular complexity index is 668. The average molecular weight is 386 g/mol. The molecule has 0 saturated heterocycles. The minimum Gasteiger partial charge on any atom is -0.462 e. The molecule has 0 amide bonds. The summed E-state index contributed by atoms with van der Waals surface area (Å²) in [5.74, 6) is -1.82. The van der Waals surface area contributed by atoms with Crippen LogP contribution in [0.3, 0.4) is 0 Å². The Morgan fingerprint density at radius 3 is 1.65 bits per heavy atom. The summed E-state index contributed by atoms with van der Waals surface area (Å²) in [5.41, 5.74) is -0.765. The molecule has 146 valence electrons. The van der Waals surface area contributed by atoms with Crippen molar-refractivity contribution in [1.82, 2.24) is 0 Å². The van der Waals surface area contributed by atoms with Crippen molar-refractivity contribution >= 4 is 22.1 Å². The van der Waals surface area contributed by atoms with Gasteiger partial charge in [-0.2, -0.15) is 8.42 Å². The van der Waals surface area contributed by atoms with E-state index in [4.69, 9.17) is 9.47 Å². The summed E-state index contributed by atoms with van der Waals surface area (Å²) >= 11 is 0. The Morgan fingerprint density at radius 2 is 1.31 bits per heavy atom. The van der Waals surface area contributed by atoms with E-state index in [2.05, 4.69) is 0 Å². The minimum absolute atomic E-state index is 0.128. The molecule has 0 unspecified atom stereocenters. The molecule has 0 aliphatic rings. The van der Waals surface area contributed by atoms with Gasteiger partial charge in [-0.25, -0.2) is 9.59 Å². The number of esters is 2. The SMILES string of the molecule is CCCCCOC(=O)c1cccc(C(=O)OCCCCC)c1S(=O)(=O)O. The Hall–Kier alpha value is -1.93. The van der Waals surface area contributed by atoms with Gasteiger partial charge in [-0.15, -0.1) is 0 Å². The Morgan fingerprint density at radius 1 is 0.885 bits per heavy atom. The predicted octanol–water partition coefficient (Wildman–Crippen LogP) is 3.63. The third-order valence-electron chi connectivity index (χ3n) is 3.67. The quantitative estimate of drug-likeness (QED) is 0.351. The summed E-state index contributed by atoms with van der Waals surface area (Å²) in [6, 6.07) is 3.73. The van der Waals surface area contributed by atoms with Gasteiger partial charge in [-0.3, -0.25) is 4.55 Å². The number of hydrogen-bond donors (Lipinski definition) is 1. The van der Waals surface area contributed by atoms with E-state index in [0.717, 1.165) is 25.7 Å². The van der Waals surface area contributed by atoms with Crippen LogP contribution in [0, 0.1) is 0 Å². The van der Waals surface area contributed by atoms with Gasteiger partial charge in [0.15, 0.2) is 0 Å². The molecular weight excluding hydrogens is 360 g/mol. The lowest BCUT2D eigenvalue weighted by atomic mass is 10.1. The van der Waals surface area contributed by atoms with E-state index in [1.54, 1.807) is 0 Å². The van der Waals surface area contributed by atoms with Gasteiger partial charge in [0.25, 0.3) is 10.1 Å². The molecule has 1 rings (SSSR count). The highest BCUT2D eigenvalue weighted by molar-refractivity contribution is 7.86. The highest BCUT2D eigenvalue weighted by atomic mass is 32.2. The lowest BCUT2D eigenvalue weighted by molar-refractivity contribution is 0.0486. The zero-order chi connectivity index (χ0) is 19.6. The molecule has 1 aromatic rings. The summed E-state index contributed by atoms with van der Waals surface area (Å²) in [6.45, 7) is 4.24. The van der Waals surface area contributed by atoms with Crippen LogP contribution in [0.5, 0.6) is 0 Å². The molecule has 0 aromatic heterocycles. The first-order valence-electron chi connectivity index (χ1n) is 8.77. The second-order valence-corrected chi connectivity index (χ2v) is 7.20. The third kappa shape index (κ3) is 6.76. The van der Waals surface area contributed by atoms with E-state index in [0.29, 0.717) is 12.8 Å². The minimum atomic E-state index is -4.83. The van der Waals surface area contributed by atoms with E-state index in [-0.39, 0.29) is 24.3 Å². The van der Waals surface area contributed by atoms with Crippen molar-refractivity contribution in [2.24, 2.45) is 0 Å². The van der Waals surface area contributed by atoms with Crippen LogP contribution in [0.1, 0.15) is 73.1 Å². The molecule has 0 fully saturated rings. The van der Waals surface area contributed by atoms with Crippen LogP contribution in [0.2, 0.25) is 0 Å². The fourth-order valence-electron chi connectivity index (χ4n) is 2.33. The van der Waals surface area contributed by atoms with Crippen molar-refractivity contribution < 1.29 is 32.0 Å². The molecule has 0 spiro atoms. The van der Waals surface area contributed by atoms with Crippen LogP contribution in [-0.2, 0) is 19.6 Å². The second-order valence-electron chi connectivity index (χ2n) is 5.84. The molecule has 0 radical (unpaired) electrons. The van der Waals surface area contributed by atoms with Gasteiger partial charge in [0.1, 0.15) is 4.90 Å². The number of ether oxygens (including phenoxy) is 2. The summed E-state index contributed by atoms with van der Waals surface area (Å²) < 4.78 is 43.2. The van der Waals surface area contributed by atoms with Crippen molar-refractivity contribution in [2.45, 2.75) is 57.3 Å². The lowest BCUT2D eigenvalue weighted by Gasteiger charge is -2.12. The number of benzene rings is 1. The summed E-state index contributed by atoms with van der Waals surface area (Å²) in [5, 5.41) is 0. The Kier molecular flexibility index (Phi) is 9.29. The monoisotopic (exact) mass is 386 g/mol. The van der Waals surface area contributed by atoms with Crippen LogP contribution in [-0.4, -0.2) is 38.1 Å². The topological polar surface area (TPSA) is 107 Å². The highest BCUT2D eigenvalue weighted by Gasteiger charge is 2.29. The number of rotatable bonds is 11. The fraction of sp³-hybridized carbons (Fsp3) is 0.556. The van der Waals surface area contributed by atoms with Gasteiger partial charge in [-0.05, 0) is 25.0 Å². The maximum absolute atomic E-state index is 12.2. The lowest BCUT2D eigenvalue weighted by Crippen LogP contribution is -2.18. The maximum Gasteiger partial charge on any atom is 0.339 e. The van der Waals surface area contributed by atoms with E-state index in [1.165, 1.54) is 18.2 Å². The van der Waals surface area contributed by atoms with Crippen LogP contribution >= 0.6 is 0 Å². The van der Waals surface area contributed by atoms with Crippen molar-refractivity contribution in [3.8, 4) is 0 Å². The van der Waals surface area contributed by atoms with Gasteiger partial charge in [0.2, 0.25) is 0 Å². The first-order valence-corrected chi connectivity index (χ1v) is 10.2. The molecule has 7 nitrogen and oxygen atoms in total. The molecule has 1 aromatic carbocycles. The molecule has 0 aliphatic carbocycles. The molecular formula is C18H26O7S. The number of carbonyl (C=O) groups excluding carboxylic acids is 2. The van der Waals surface area contributed by atoms with Crippen molar-refractivity contribution in [3.63, 3.8) is 0 Å². The van der Waals surface area contributed by atoms with Gasteiger partial charge in [-0.1, -0.05) is 45.6 Å². The van der Waals surface area contributed by atoms with Crippen LogP contribution in [0.15, 0.2) is 23.1 Å². The smallest absolute Gasteiger partial charge is 0.339 e. The Labute approximate surface area is 154 Å². The van der Waals surface area contributed by atoms with E-state index in [9.17, 15) is 22.6 Å². The summed E-state index contributed by atoms with van der Waals surface area (Å²) in [6.07, 6.45) is 4.89. The second kappa shape index (κ2) is 10.9. The highest BCUT2D eigenvalue weighted by Crippen LogP contribution is 2.23. The summed E-state index contributed by atoms with van der Waals surface area (Å²) in [7, 11) is -4.83. The van der Waals surface area contributed by atoms with Crippen LogP contribution < -0.4 is 0 Å². The van der Waals surface area contributed by atoms with Gasteiger partial charge < -0.3 is 9.47 Å². The summed E-state index contributed by atoms with van der Waals surface area (Å²) in [4.78, 5) is 23.6. The van der Waals surface area contributed by atoms with Crippen molar-refractivity contribution in [1.29, 1.82) is 0 Å². The molecule has 8 heteroatoms. The fourth-order valence-corrected chi connectivity index (χ4v) is 3.18. The predicted molar refractivity (Wildman–Crippen MR) is 95.9 cm³/mol. The molecule has 0 heterocycles. The third-order valence-corrected chi connectivity index (χ3v) is 4.63. The van der Waals surface area contributed by atoms with Crippen LogP contribution in [0.25, 0.3) is 0 Å². The normalized spacial score (nSPS) is 11.2. The molecule has 1 N–H and O–H groups in total. The average Bonchev–Trinajstić information content (AvgIpc) is 2.60. The molecule has 0 aliphatic heterocycles. The zero-order valence-electron chi connectivity index (χ0n) is 15.2. The van der Waals surface area contributed by atoms with E-state index in [1.807, 2.05) is 13.8 Å². The zero-order valence-corrected chi connectivity index (χ0v) is 16.0. The Balaban J connectivity index is 3.05. The first-order chi connectivity index (χ1) is 12.3. The molecule has 0 atom stereocenters. The van der Waals surface area contributed by atoms with E-state index < -0.39 is 27.0 Å². The number of unbranched alkanes of at least 4 members (excludes halogenated alkanes) is 4. The van der Waals surface area contributed by atoms with Gasteiger partial charge in [0, 0.05) is 0 Å². The van der Waals surface area contributed by atoms with E-state index >= 15 is 0 Å². The largest absolute Gasteiger partial charge is 0.462 e. The maximum atomic E-state index is 12.2. The van der Waals surface area contributed by atoms with Crippen molar-refractivity contribution in [2.75, 3.05) is 13.2 Å². The molecule has 26 heavy (non-hydrogen) atoms. The number of hydrogen-bond acceptors (Lipinski definition) is 6. The molecule has 0 bridgehead atoms. The van der Waals surface area contributed by atoms with Gasteiger partial charge in [0.05, 0.1) is 24.3 Å². The van der Waals surface area contributed by atoms with Crippen molar-refractivity contribution in [3.05, 3.63) is 29.3 Å². The van der Waals surface area contributed by atoms with Crippen LogP contribution in [0.4, 0.5) is 0 Å². The molecule has 0 saturated carbocycles. The van der Waals surface area contributed by atoms with Gasteiger partial charge >= 0.3 is 11.9 Å². The first kappa shape index (κ1) is 22.1. The standard InChI is InChI=1S/C18H26O7S/c1-3-5-7-12-24-17(19)14-10-9-11-15(16(14)26(21,22)23)18(20)25-13-8-6-4-2/h9-11H,3-8,12-13H2,1-2H3,(H,21,22,23). The number of carbonyl (C=O) groups is 2.